The van der Waals surface area contributed by atoms with Crippen molar-refractivity contribution in [3.63, 3.8) is 0 Å². The molecule has 0 radical (unpaired) electrons. The molecule has 0 bridgehead atoms. The number of nitrogens with one attached hydrogen (secondary N) is 1. The van der Waals surface area contributed by atoms with E-state index in [0.29, 0.717) is 18.3 Å². The van der Waals surface area contributed by atoms with Crippen molar-refractivity contribution in [3.05, 3.63) is 47.6 Å². The Morgan fingerprint density at radius 3 is 2.45 bits per heavy atom. The van der Waals surface area contributed by atoms with Crippen molar-refractivity contribution >= 4 is 0 Å². The first kappa shape index (κ1) is 14.7. The molecule has 0 spiro atoms. The average molecular weight is 273 g/mol. The van der Waals surface area contributed by atoms with Crippen molar-refractivity contribution in [3.8, 4) is 0 Å². The third-order valence-corrected chi connectivity index (χ3v) is 3.09. The van der Waals surface area contributed by atoms with E-state index in [1.807, 2.05) is 6.07 Å². The Kier molecular flexibility index (Phi) is 4.55. The molecule has 4 heteroatoms. The zero-order chi connectivity index (χ0) is 14.6. The lowest BCUT2D eigenvalue weighted by Gasteiger charge is -2.27. The Hall–Kier alpha value is -1.68. The van der Waals surface area contributed by atoms with Gasteiger partial charge in [0.1, 0.15) is 0 Å². The number of nitrogens with zero attached hydrogens (tertiary/aromatic N) is 2. The molecule has 0 saturated heterocycles. The highest BCUT2D eigenvalue weighted by atomic mass is 16.5. The minimum atomic E-state index is 0.251. The van der Waals surface area contributed by atoms with Gasteiger partial charge in [-0.05, 0) is 17.4 Å². The topological polar surface area (TPSA) is 51.0 Å². The number of benzene rings is 1. The van der Waals surface area contributed by atoms with Crippen LogP contribution >= 0.6 is 0 Å². The second-order valence-electron chi connectivity index (χ2n) is 6.34. The summed E-state index contributed by atoms with van der Waals surface area (Å²) in [4.78, 5) is 4.23. The van der Waals surface area contributed by atoms with Crippen LogP contribution in [-0.4, -0.2) is 10.1 Å². The molecule has 1 aromatic carbocycles. The minimum absolute atomic E-state index is 0.251. The van der Waals surface area contributed by atoms with E-state index < -0.39 is 0 Å². The van der Waals surface area contributed by atoms with Gasteiger partial charge in [0.25, 0.3) is 0 Å². The molecule has 1 aromatic heterocycles. The van der Waals surface area contributed by atoms with E-state index in [9.17, 15) is 0 Å². The van der Waals surface area contributed by atoms with Gasteiger partial charge in [-0.25, -0.2) is 0 Å². The standard InChI is InChI=1S/C16H23N3O/c1-12-18-15(19-20-12)11-17-14(10-16(2,3)4)13-8-6-5-7-9-13/h5-9,14,17H,10-11H2,1-4H3. The third kappa shape index (κ3) is 4.46. The van der Waals surface area contributed by atoms with Gasteiger partial charge in [0.05, 0.1) is 6.54 Å². The first-order valence-corrected chi connectivity index (χ1v) is 7.01. The number of aromatic nitrogens is 2. The summed E-state index contributed by atoms with van der Waals surface area (Å²) in [5, 5.41) is 7.47. The maximum Gasteiger partial charge on any atom is 0.223 e. The minimum Gasteiger partial charge on any atom is -0.340 e. The van der Waals surface area contributed by atoms with Gasteiger partial charge < -0.3 is 9.84 Å². The van der Waals surface area contributed by atoms with Gasteiger partial charge in [0.15, 0.2) is 5.82 Å². The molecule has 0 fully saturated rings. The van der Waals surface area contributed by atoms with Gasteiger partial charge in [-0.3, -0.25) is 0 Å². The van der Waals surface area contributed by atoms with Crippen LogP contribution in [0.2, 0.25) is 0 Å². The van der Waals surface area contributed by atoms with Crippen LogP contribution in [0.15, 0.2) is 34.9 Å². The van der Waals surface area contributed by atoms with Crippen molar-refractivity contribution in [2.75, 3.05) is 0 Å². The molecular formula is C16H23N3O. The van der Waals surface area contributed by atoms with E-state index in [0.717, 1.165) is 6.42 Å². The van der Waals surface area contributed by atoms with E-state index in [4.69, 9.17) is 4.52 Å². The smallest absolute Gasteiger partial charge is 0.223 e. The Balaban J connectivity index is 2.07. The molecule has 108 valence electrons. The van der Waals surface area contributed by atoms with Crippen LogP contribution in [0, 0.1) is 12.3 Å². The second kappa shape index (κ2) is 6.18. The van der Waals surface area contributed by atoms with E-state index in [1.54, 1.807) is 6.92 Å². The van der Waals surface area contributed by atoms with Crippen molar-refractivity contribution < 1.29 is 4.52 Å². The number of hydrogen-bond donors (Lipinski definition) is 1. The molecule has 1 atom stereocenters. The molecule has 0 aliphatic heterocycles. The van der Waals surface area contributed by atoms with Crippen molar-refractivity contribution in [1.82, 2.24) is 15.5 Å². The van der Waals surface area contributed by atoms with Crippen LogP contribution in [0.5, 0.6) is 0 Å². The summed E-state index contributed by atoms with van der Waals surface area (Å²) in [6.45, 7) is 9.18. The molecule has 2 aromatic rings. The summed E-state index contributed by atoms with van der Waals surface area (Å²) in [5.74, 6) is 1.31. The molecule has 0 saturated carbocycles. The van der Waals surface area contributed by atoms with E-state index >= 15 is 0 Å². The zero-order valence-electron chi connectivity index (χ0n) is 12.7. The lowest BCUT2D eigenvalue weighted by atomic mass is 9.85. The molecule has 0 aliphatic carbocycles. The normalized spacial score (nSPS) is 13.4. The quantitative estimate of drug-likeness (QED) is 0.903. The lowest BCUT2D eigenvalue weighted by Crippen LogP contribution is -2.26. The SMILES string of the molecule is Cc1nc(CNC(CC(C)(C)C)c2ccccc2)no1. The van der Waals surface area contributed by atoms with Crippen LogP contribution < -0.4 is 5.32 Å². The van der Waals surface area contributed by atoms with Crippen molar-refractivity contribution in [2.24, 2.45) is 5.41 Å². The molecule has 1 heterocycles. The van der Waals surface area contributed by atoms with Crippen molar-refractivity contribution in [1.29, 1.82) is 0 Å². The number of hydrogen-bond acceptors (Lipinski definition) is 4. The Morgan fingerprint density at radius 1 is 1.20 bits per heavy atom. The van der Waals surface area contributed by atoms with E-state index in [-0.39, 0.29) is 11.5 Å². The first-order chi connectivity index (χ1) is 9.44. The van der Waals surface area contributed by atoms with Gasteiger partial charge in [-0.15, -0.1) is 0 Å². The summed E-state index contributed by atoms with van der Waals surface area (Å²) in [7, 11) is 0. The first-order valence-electron chi connectivity index (χ1n) is 7.01. The predicted molar refractivity (Wildman–Crippen MR) is 79.1 cm³/mol. The second-order valence-corrected chi connectivity index (χ2v) is 6.34. The maximum atomic E-state index is 5.00. The van der Waals surface area contributed by atoms with Crippen LogP contribution in [0.4, 0.5) is 0 Å². The molecule has 1 unspecified atom stereocenters. The zero-order valence-corrected chi connectivity index (χ0v) is 12.7. The summed E-state index contributed by atoms with van der Waals surface area (Å²) in [6.07, 6.45) is 1.05. The van der Waals surface area contributed by atoms with E-state index in [1.165, 1.54) is 5.56 Å². The molecule has 2 rings (SSSR count). The van der Waals surface area contributed by atoms with Crippen LogP contribution in [0.25, 0.3) is 0 Å². The van der Waals surface area contributed by atoms with Gasteiger partial charge in [0, 0.05) is 13.0 Å². The largest absolute Gasteiger partial charge is 0.340 e. The molecular weight excluding hydrogens is 250 g/mol. The fraction of sp³-hybridized carbons (Fsp3) is 0.500. The van der Waals surface area contributed by atoms with Gasteiger partial charge in [0.2, 0.25) is 5.89 Å². The number of rotatable bonds is 5. The van der Waals surface area contributed by atoms with Crippen LogP contribution in [0.3, 0.4) is 0 Å². The fourth-order valence-corrected chi connectivity index (χ4v) is 2.23. The molecule has 0 amide bonds. The highest BCUT2D eigenvalue weighted by Crippen LogP contribution is 2.29. The van der Waals surface area contributed by atoms with Crippen molar-refractivity contribution in [2.45, 2.75) is 46.7 Å². The third-order valence-electron chi connectivity index (χ3n) is 3.09. The molecule has 0 aliphatic rings. The Bertz CT molecular complexity index is 528. The molecule has 4 nitrogen and oxygen atoms in total. The monoisotopic (exact) mass is 273 g/mol. The van der Waals surface area contributed by atoms with Crippen LogP contribution in [-0.2, 0) is 6.54 Å². The highest BCUT2D eigenvalue weighted by Gasteiger charge is 2.20. The summed E-state index contributed by atoms with van der Waals surface area (Å²) >= 11 is 0. The fourth-order valence-electron chi connectivity index (χ4n) is 2.23. The van der Waals surface area contributed by atoms with Gasteiger partial charge in [-0.2, -0.15) is 4.98 Å². The lowest BCUT2D eigenvalue weighted by molar-refractivity contribution is 0.307. The summed E-state index contributed by atoms with van der Waals surface area (Å²) in [5.41, 5.74) is 1.54. The predicted octanol–water partition coefficient (Wildman–Crippen LogP) is 3.65. The van der Waals surface area contributed by atoms with Crippen LogP contribution in [0.1, 0.15) is 50.5 Å². The Morgan fingerprint density at radius 2 is 1.90 bits per heavy atom. The van der Waals surface area contributed by atoms with Gasteiger partial charge >= 0.3 is 0 Å². The average Bonchev–Trinajstić information content (AvgIpc) is 2.80. The molecule has 1 N–H and O–H groups in total. The highest BCUT2D eigenvalue weighted by molar-refractivity contribution is 5.19. The molecule has 20 heavy (non-hydrogen) atoms. The summed E-state index contributed by atoms with van der Waals surface area (Å²) in [6, 6.07) is 10.8. The summed E-state index contributed by atoms with van der Waals surface area (Å²) < 4.78 is 5.00. The number of aryl methyl sites for hydroxylation is 1. The maximum absolute atomic E-state index is 5.00. The van der Waals surface area contributed by atoms with Gasteiger partial charge in [-0.1, -0.05) is 56.3 Å². The van der Waals surface area contributed by atoms with E-state index in [2.05, 4.69) is 60.5 Å². The Labute approximate surface area is 120 Å².